The molecule has 0 aromatic heterocycles. The summed E-state index contributed by atoms with van der Waals surface area (Å²) in [5, 5.41) is 64.6. The van der Waals surface area contributed by atoms with Crippen LogP contribution in [0.3, 0.4) is 0 Å². The van der Waals surface area contributed by atoms with Crippen LogP contribution in [0.5, 0.6) is 0 Å². The first-order chi connectivity index (χ1) is 7.90. The molecule has 0 spiro atoms. The number of hydrogen-bond acceptors (Lipinski definition) is 8. The van der Waals surface area contributed by atoms with Gasteiger partial charge < -0.3 is 40.5 Å². The molecule has 0 bridgehead atoms. The number of hydrogen-bond donors (Lipinski definition) is 7. The summed E-state index contributed by atoms with van der Waals surface area (Å²) in [5.41, 5.74) is 0. The molecule has 0 aromatic carbocycles. The fourth-order valence-corrected chi connectivity index (χ4v) is 1.54. The summed E-state index contributed by atoms with van der Waals surface area (Å²) in [6.45, 7) is 0.0912. The van der Waals surface area contributed by atoms with Gasteiger partial charge >= 0.3 is 0 Å². The highest BCUT2D eigenvalue weighted by Crippen LogP contribution is 2.23. The first-order valence-electron chi connectivity index (χ1n) is 5.08. The Morgan fingerprint density at radius 3 is 2.06 bits per heavy atom. The third-order valence-corrected chi connectivity index (χ3v) is 2.68. The van der Waals surface area contributed by atoms with Gasteiger partial charge in [-0.05, 0) is 0 Å². The van der Waals surface area contributed by atoms with Crippen LogP contribution in [0.25, 0.3) is 0 Å². The first kappa shape index (κ1) is 14.7. The smallest absolute Gasteiger partial charge is 0.115 e. The second-order valence-corrected chi connectivity index (χ2v) is 3.94. The monoisotopic (exact) mass is 253 g/mol. The minimum absolute atomic E-state index is 0.798. The van der Waals surface area contributed by atoms with Crippen molar-refractivity contribution in [1.82, 2.24) is 0 Å². The van der Waals surface area contributed by atoms with Crippen molar-refractivity contribution in [3.05, 3.63) is 6.61 Å². The van der Waals surface area contributed by atoms with Crippen molar-refractivity contribution < 1.29 is 40.5 Å². The average molecular weight is 253 g/mol. The van der Waals surface area contributed by atoms with Crippen LogP contribution in [0.1, 0.15) is 0 Å². The van der Waals surface area contributed by atoms with Gasteiger partial charge in [0.1, 0.15) is 49.3 Å². The van der Waals surface area contributed by atoms with Crippen LogP contribution in [-0.4, -0.2) is 85.1 Å². The lowest BCUT2D eigenvalue weighted by atomic mass is 9.96. The summed E-state index contributed by atoms with van der Waals surface area (Å²) in [6, 6.07) is 0. The Morgan fingerprint density at radius 1 is 1.06 bits per heavy atom. The molecule has 7 atom stereocenters. The maximum Gasteiger partial charge on any atom is 0.115 e. The van der Waals surface area contributed by atoms with Gasteiger partial charge in [-0.2, -0.15) is 0 Å². The molecule has 17 heavy (non-hydrogen) atoms. The van der Waals surface area contributed by atoms with Gasteiger partial charge in [-0.15, -0.1) is 0 Å². The van der Waals surface area contributed by atoms with E-state index in [1.807, 2.05) is 0 Å². The Kier molecular flexibility index (Phi) is 5.22. The van der Waals surface area contributed by atoms with Crippen LogP contribution < -0.4 is 0 Å². The summed E-state index contributed by atoms with van der Waals surface area (Å²) >= 11 is 0. The molecule has 1 fully saturated rings. The summed E-state index contributed by atoms with van der Waals surface area (Å²) in [4.78, 5) is 0. The van der Waals surface area contributed by atoms with E-state index in [-0.39, 0.29) is 0 Å². The lowest BCUT2D eigenvalue weighted by Crippen LogP contribution is -2.52. The topological polar surface area (TPSA) is 151 Å². The van der Waals surface area contributed by atoms with Crippen molar-refractivity contribution in [1.29, 1.82) is 0 Å². The predicted molar refractivity (Wildman–Crippen MR) is 52.3 cm³/mol. The zero-order valence-corrected chi connectivity index (χ0v) is 8.86. The Hall–Kier alpha value is -0.320. The van der Waals surface area contributed by atoms with E-state index in [0.29, 0.717) is 0 Å². The minimum atomic E-state index is -1.84. The van der Waals surface area contributed by atoms with E-state index in [1.165, 1.54) is 0 Å². The normalized spacial score (nSPS) is 36.5. The number of aliphatic hydroxyl groups is 7. The maximum atomic E-state index is 9.60. The summed E-state index contributed by atoms with van der Waals surface area (Å²) in [6.07, 6.45) is -11.1. The van der Waals surface area contributed by atoms with Crippen LogP contribution in [-0.2, 0) is 4.74 Å². The number of rotatable bonds is 5. The zero-order chi connectivity index (χ0) is 13.2. The van der Waals surface area contributed by atoms with E-state index >= 15 is 0 Å². The molecule has 0 amide bonds. The molecule has 1 radical (unpaired) electrons. The highest BCUT2D eigenvalue weighted by Gasteiger charge is 2.44. The first-order valence-corrected chi connectivity index (χ1v) is 5.08. The van der Waals surface area contributed by atoms with Crippen molar-refractivity contribution in [3.63, 3.8) is 0 Å². The fourth-order valence-electron chi connectivity index (χ4n) is 1.54. The van der Waals surface area contributed by atoms with Gasteiger partial charge in [0, 0.05) is 0 Å². The number of aliphatic hydroxyl groups excluding tert-OH is 7. The molecule has 0 saturated carbocycles. The molecule has 0 aromatic rings. The molecule has 0 aliphatic carbocycles. The van der Waals surface area contributed by atoms with Gasteiger partial charge in [0.05, 0.1) is 6.61 Å². The van der Waals surface area contributed by atoms with Gasteiger partial charge in [0.2, 0.25) is 0 Å². The zero-order valence-electron chi connectivity index (χ0n) is 8.86. The quantitative estimate of drug-likeness (QED) is 0.260. The molecule has 1 rings (SSSR count). The molecular weight excluding hydrogens is 236 g/mol. The second kappa shape index (κ2) is 6.03. The molecule has 7 N–H and O–H groups in total. The third kappa shape index (κ3) is 3.12. The van der Waals surface area contributed by atoms with Crippen molar-refractivity contribution in [2.45, 2.75) is 42.7 Å². The van der Waals surface area contributed by atoms with Gasteiger partial charge in [-0.25, -0.2) is 0 Å². The van der Waals surface area contributed by atoms with E-state index in [1.54, 1.807) is 0 Å². The van der Waals surface area contributed by atoms with Crippen molar-refractivity contribution in [2.24, 2.45) is 0 Å². The minimum Gasteiger partial charge on any atom is -0.394 e. The van der Waals surface area contributed by atoms with Crippen LogP contribution in [0.15, 0.2) is 0 Å². The van der Waals surface area contributed by atoms with E-state index in [4.69, 9.17) is 20.1 Å². The molecule has 7 unspecified atom stereocenters. The number of ether oxygens (including phenoxy) is 1. The largest absolute Gasteiger partial charge is 0.394 e. The average Bonchev–Trinajstić information content (AvgIpc) is 2.66. The van der Waals surface area contributed by atoms with Crippen molar-refractivity contribution >= 4 is 0 Å². The molecule has 1 aliphatic heterocycles. The standard InChI is InChI=1S/C9H17O8/c10-1-3(11)5(13)7(15)8(16)9-6(14)4(12)2-17-9/h2-16H,1H2. The predicted octanol–water partition coefficient (Wildman–Crippen LogP) is -4.30. The van der Waals surface area contributed by atoms with Gasteiger partial charge in [0.15, 0.2) is 0 Å². The van der Waals surface area contributed by atoms with Gasteiger partial charge in [-0.1, -0.05) is 0 Å². The third-order valence-electron chi connectivity index (χ3n) is 2.68. The van der Waals surface area contributed by atoms with E-state index < -0.39 is 49.3 Å². The Labute approximate surface area is 97.3 Å². The van der Waals surface area contributed by atoms with Gasteiger partial charge in [-0.3, -0.25) is 0 Å². The Balaban J connectivity index is 2.60. The summed E-state index contributed by atoms with van der Waals surface area (Å²) < 4.78 is 4.73. The fraction of sp³-hybridized carbons (Fsp3) is 0.889. The van der Waals surface area contributed by atoms with Crippen LogP contribution >= 0.6 is 0 Å². The van der Waals surface area contributed by atoms with Gasteiger partial charge in [0.25, 0.3) is 0 Å². The van der Waals surface area contributed by atoms with Crippen LogP contribution in [0, 0.1) is 6.61 Å². The lowest BCUT2D eigenvalue weighted by molar-refractivity contribution is -0.152. The highest BCUT2D eigenvalue weighted by molar-refractivity contribution is 4.97. The molecule has 1 heterocycles. The molecule has 8 heteroatoms. The molecule has 101 valence electrons. The molecule has 1 saturated heterocycles. The SMILES string of the molecule is OCC(O)C(O)C(O)C(O)C1O[CH]C(O)C1O. The summed E-state index contributed by atoms with van der Waals surface area (Å²) in [7, 11) is 0. The highest BCUT2D eigenvalue weighted by atomic mass is 16.5. The van der Waals surface area contributed by atoms with E-state index in [0.717, 1.165) is 6.61 Å². The van der Waals surface area contributed by atoms with E-state index in [9.17, 15) is 20.4 Å². The van der Waals surface area contributed by atoms with Crippen molar-refractivity contribution in [2.75, 3.05) is 6.61 Å². The van der Waals surface area contributed by atoms with Crippen LogP contribution in [0.4, 0.5) is 0 Å². The molecule has 8 nitrogen and oxygen atoms in total. The molecular formula is C9H17O8. The Bertz CT molecular complexity index is 237. The van der Waals surface area contributed by atoms with Crippen LogP contribution in [0.2, 0.25) is 0 Å². The second-order valence-electron chi connectivity index (χ2n) is 3.94. The maximum absolute atomic E-state index is 9.60. The lowest BCUT2D eigenvalue weighted by Gasteiger charge is -2.29. The Morgan fingerprint density at radius 2 is 1.65 bits per heavy atom. The van der Waals surface area contributed by atoms with Crippen molar-refractivity contribution in [3.8, 4) is 0 Å². The van der Waals surface area contributed by atoms with E-state index in [2.05, 4.69) is 0 Å². The summed E-state index contributed by atoms with van der Waals surface area (Å²) in [5.74, 6) is 0. The molecule has 1 aliphatic rings.